The fourth-order valence-electron chi connectivity index (χ4n) is 3.22. The quantitative estimate of drug-likeness (QED) is 0.725. The van der Waals surface area contributed by atoms with Gasteiger partial charge in [-0.3, -0.25) is 4.79 Å². The molecule has 0 amide bonds. The van der Waals surface area contributed by atoms with Crippen molar-refractivity contribution in [2.45, 2.75) is 46.5 Å². The summed E-state index contributed by atoms with van der Waals surface area (Å²) >= 11 is 0. The Labute approximate surface area is 122 Å². The second-order valence-electron chi connectivity index (χ2n) is 6.15. The fourth-order valence-corrected chi connectivity index (χ4v) is 3.22. The van der Waals surface area contributed by atoms with E-state index in [0.29, 0.717) is 6.61 Å². The van der Waals surface area contributed by atoms with Crippen LogP contribution in [0.1, 0.15) is 56.8 Å². The number of benzene rings is 1. The molecular formula is C18H26O2. The summed E-state index contributed by atoms with van der Waals surface area (Å²) in [6, 6.07) is 7.66. The van der Waals surface area contributed by atoms with Gasteiger partial charge in [-0.1, -0.05) is 26.0 Å². The Bertz CT molecular complexity index is 442. The number of ketones is 1. The number of ether oxygens (including phenoxy) is 1. The molecule has 0 atom stereocenters. The zero-order valence-electron chi connectivity index (χ0n) is 12.9. The minimum Gasteiger partial charge on any atom is -0.493 e. The predicted octanol–water partition coefficient (Wildman–Crippen LogP) is 4.73. The van der Waals surface area contributed by atoms with E-state index in [1.165, 1.54) is 12.8 Å². The smallest absolute Gasteiger partial charge is 0.169 e. The van der Waals surface area contributed by atoms with E-state index in [4.69, 9.17) is 4.74 Å². The van der Waals surface area contributed by atoms with Crippen molar-refractivity contribution in [3.05, 3.63) is 29.8 Å². The van der Waals surface area contributed by atoms with Crippen molar-refractivity contribution in [1.29, 1.82) is 0 Å². The minimum absolute atomic E-state index is 0.187. The van der Waals surface area contributed by atoms with Gasteiger partial charge in [-0.25, -0.2) is 0 Å². The molecule has 0 spiro atoms. The number of carbonyl (C=O) groups excluding carboxylic acids is 1. The summed E-state index contributed by atoms with van der Waals surface area (Å²) in [6.07, 6.45) is 4.43. The molecule has 0 unspecified atom stereocenters. The summed E-state index contributed by atoms with van der Waals surface area (Å²) < 4.78 is 5.59. The van der Waals surface area contributed by atoms with Crippen LogP contribution in [0.15, 0.2) is 24.3 Å². The number of hydrogen-bond acceptors (Lipinski definition) is 2. The van der Waals surface area contributed by atoms with E-state index in [1.54, 1.807) is 0 Å². The Morgan fingerprint density at radius 2 is 1.85 bits per heavy atom. The van der Waals surface area contributed by atoms with E-state index in [0.717, 1.165) is 36.0 Å². The molecule has 1 aromatic carbocycles. The van der Waals surface area contributed by atoms with Crippen LogP contribution in [0.25, 0.3) is 0 Å². The molecule has 1 fully saturated rings. The van der Waals surface area contributed by atoms with Gasteiger partial charge < -0.3 is 4.74 Å². The third-order valence-electron chi connectivity index (χ3n) is 4.54. The SMILES string of the molecule is CCOc1ccccc1C(=O)C1CCC(C(C)C)CC1. The monoisotopic (exact) mass is 274 g/mol. The van der Waals surface area contributed by atoms with Crippen molar-refractivity contribution in [1.82, 2.24) is 0 Å². The maximum atomic E-state index is 12.7. The second-order valence-corrected chi connectivity index (χ2v) is 6.15. The van der Waals surface area contributed by atoms with E-state index in [9.17, 15) is 4.79 Å². The standard InChI is InChI=1S/C18H26O2/c1-4-20-17-8-6-5-7-16(17)18(19)15-11-9-14(10-12-15)13(2)3/h5-8,13-15H,4,9-12H2,1-3H3. The molecule has 1 aromatic rings. The molecule has 0 bridgehead atoms. The molecule has 0 aromatic heterocycles. The van der Waals surface area contributed by atoms with Gasteiger partial charge in [-0.2, -0.15) is 0 Å². The van der Waals surface area contributed by atoms with Gasteiger partial charge in [-0.15, -0.1) is 0 Å². The first kappa shape index (κ1) is 15.1. The molecule has 0 saturated heterocycles. The van der Waals surface area contributed by atoms with Crippen LogP contribution in [-0.4, -0.2) is 12.4 Å². The number of hydrogen-bond donors (Lipinski definition) is 0. The molecule has 2 rings (SSSR count). The molecule has 0 radical (unpaired) electrons. The number of Topliss-reactive ketones (excluding diaryl/α,β-unsaturated/α-hetero) is 1. The summed E-state index contributed by atoms with van der Waals surface area (Å²) in [5.41, 5.74) is 0.766. The third kappa shape index (κ3) is 3.41. The highest BCUT2D eigenvalue weighted by molar-refractivity contribution is 6.00. The highest BCUT2D eigenvalue weighted by Crippen LogP contribution is 2.36. The molecule has 2 nitrogen and oxygen atoms in total. The van der Waals surface area contributed by atoms with Crippen LogP contribution in [0.3, 0.4) is 0 Å². The lowest BCUT2D eigenvalue weighted by Gasteiger charge is -2.30. The molecule has 0 aliphatic heterocycles. The lowest BCUT2D eigenvalue weighted by Crippen LogP contribution is -2.24. The first-order valence-corrected chi connectivity index (χ1v) is 7.89. The number of para-hydroxylation sites is 1. The lowest BCUT2D eigenvalue weighted by atomic mass is 9.74. The van der Waals surface area contributed by atoms with Crippen LogP contribution in [0, 0.1) is 17.8 Å². The van der Waals surface area contributed by atoms with Gasteiger partial charge in [0, 0.05) is 5.92 Å². The van der Waals surface area contributed by atoms with Gasteiger partial charge >= 0.3 is 0 Å². The zero-order chi connectivity index (χ0) is 14.5. The van der Waals surface area contributed by atoms with E-state index < -0.39 is 0 Å². The van der Waals surface area contributed by atoms with Crippen molar-refractivity contribution in [2.75, 3.05) is 6.61 Å². The van der Waals surface area contributed by atoms with Crippen LogP contribution in [0.4, 0.5) is 0 Å². The minimum atomic E-state index is 0.187. The van der Waals surface area contributed by atoms with Gasteiger partial charge in [-0.05, 0) is 56.6 Å². The highest BCUT2D eigenvalue weighted by atomic mass is 16.5. The molecule has 1 saturated carbocycles. The Balaban J connectivity index is 2.05. The Morgan fingerprint density at radius 1 is 1.20 bits per heavy atom. The van der Waals surface area contributed by atoms with Crippen LogP contribution < -0.4 is 4.74 Å². The predicted molar refractivity (Wildman–Crippen MR) is 82.2 cm³/mol. The molecule has 20 heavy (non-hydrogen) atoms. The molecule has 0 heterocycles. The summed E-state index contributed by atoms with van der Waals surface area (Å²) in [5.74, 6) is 2.73. The van der Waals surface area contributed by atoms with E-state index in [1.807, 2.05) is 31.2 Å². The van der Waals surface area contributed by atoms with E-state index >= 15 is 0 Å². The average Bonchev–Trinajstić information content (AvgIpc) is 2.47. The maximum Gasteiger partial charge on any atom is 0.169 e. The van der Waals surface area contributed by atoms with E-state index in [-0.39, 0.29) is 11.7 Å². The second kappa shape index (κ2) is 6.92. The summed E-state index contributed by atoms with van der Waals surface area (Å²) in [5, 5.41) is 0. The van der Waals surface area contributed by atoms with Gasteiger partial charge in [0.1, 0.15) is 5.75 Å². The highest BCUT2D eigenvalue weighted by Gasteiger charge is 2.29. The third-order valence-corrected chi connectivity index (χ3v) is 4.54. The van der Waals surface area contributed by atoms with Crippen LogP contribution in [0.2, 0.25) is 0 Å². The fraction of sp³-hybridized carbons (Fsp3) is 0.611. The van der Waals surface area contributed by atoms with Crippen molar-refractivity contribution >= 4 is 5.78 Å². The van der Waals surface area contributed by atoms with Gasteiger partial charge in [0.2, 0.25) is 0 Å². The molecule has 2 heteroatoms. The Hall–Kier alpha value is -1.31. The van der Waals surface area contributed by atoms with Gasteiger partial charge in [0.25, 0.3) is 0 Å². The lowest BCUT2D eigenvalue weighted by molar-refractivity contribution is 0.0855. The molecule has 1 aliphatic rings. The van der Waals surface area contributed by atoms with Gasteiger partial charge in [0.15, 0.2) is 5.78 Å². The summed E-state index contributed by atoms with van der Waals surface area (Å²) in [4.78, 5) is 12.7. The van der Waals surface area contributed by atoms with Crippen molar-refractivity contribution < 1.29 is 9.53 Å². The van der Waals surface area contributed by atoms with Gasteiger partial charge in [0.05, 0.1) is 12.2 Å². The summed E-state index contributed by atoms with van der Waals surface area (Å²) in [6.45, 7) is 7.13. The summed E-state index contributed by atoms with van der Waals surface area (Å²) in [7, 11) is 0. The van der Waals surface area contributed by atoms with Crippen LogP contribution in [0.5, 0.6) is 5.75 Å². The topological polar surface area (TPSA) is 26.3 Å². The Morgan fingerprint density at radius 3 is 2.45 bits per heavy atom. The van der Waals surface area contributed by atoms with E-state index in [2.05, 4.69) is 13.8 Å². The molecule has 1 aliphatic carbocycles. The average molecular weight is 274 g/mol. The number of carbonyl (C=O) groups is 1. The first-order valence-electron chi connectivity index (χ1n) is 7.89. The molecular weight excluding hydrogens is 248 g/mol. The molecule has 110 valence electrons. The largest absolute Gasteiger partial charge is 0.493 e. The van der Waals surface area contributed by atoms with Crippen molar-refractivity contribution in [2.24, 2.45) is 17.8 Å². The van der Waals surface area contributed by atoms with Crippen molar-refractivity contribution in [3.63, 3.8) is 0 Å². The van der Waals surface area contributed by atoms with Crippen LogP contribution >= 0.6 is 0 Å². The molecule has 0 N–H and O–H groups in total. The maximum absolute atomic E-state index is 12.7. The normalized spacial score (nSPS) is 22.8. The zero-order valence-corrected chi connectivity index (χ0v) is 12.9. The Kier molecular flexibility index (Phi) is 5.22. The number of rotatable bonds is 5. The first-order chi connectivity index (χ1) is 9.63. The van der Waals surface area contributed by atoms with Crippen LogP contribution in [-0.2, 0) is 0 Å². The van der Waals surface area contributed by atoms with Crippen molar-refractivity contribution in [3.8, 4) is 5.75 Å².